The van der Waals surface area contributed by atoms with Gasteiger partial charge in [0, 0.05) is 16.8 Å². The fourth-order valence-corrected chi connectivity index (χ4v) is 2.73. The lowest BCUT2D eigenvalue weighted by Gasteiger charge is -2.26. The molecule has 0 spiro atoms. The highest BCUT2D eigenvalue weighted by Gasteiger charge is 2.17. The Morgan fingerprint density at radius 1 is 0.944 bits per heavy atom. The second-order valence-electron chi connectivity index (χ2n) is 4.86. The lowest BCUT2D eigenvalue weighted by Crippen LogP contribution is -2.27. The zero-order valence-corrected chi connectivity index (χ0v) is 11.0. The molecule has 1 aliphatic rings. The number of fused-ring (bicyclic) bond motifs is 1. The van der Waals surface area contributed by atoms with Crippen LogP contribution in [-0.2, 0) is 12.8 Å². The summed E-state index contributed by atoms with van der Waals surface area (Å²) in [6.07, 6.45) is 3.47. The highest BCUT2D eigenvalue weighted by atomic mass is 35.5. The van der Waals surface area contributed by atoms with Crippen molar-refractivity contribution in [1.82, 2.24) is 0 Å². The molecule has 2 aromatic rings. The van der Waals surface area contributed by atoms with E-state index in [1.807, 2.05) is 24.3 Å². The molecule has 1 N–H and O–H groups in total. The largest absolute Gasteiger partial charge is 0.382 e. The minimum atomic E-state index is 0.529. The smallest absolute Gasteiger partial charge is 0.0407 e. The zero-order chi connectivity index (χ0) is 12.4. The third kappa shape index (κ3) is 2.51. The van der Waals surface area contributed by atoms with E-state index >= 15 is 0 Å². The Bertz CT molecular complexity index is 533. The van der Waals surface area contributed by atoms with Crippen LogP contribution in [0.25, 0.3) is 0 Å². The highest BCUT2D eigenvalue weighted by Crippen LogP contribution is 2.24. The Kier molecular flexibility index (Phi) is 3.24. The van der Waals surface area contributed by atoms with E-state index in [9.17, 15) is 0 Å². The summed E-state index contributed by atoms with van der Waals surface area (Å²) in [6, 6.07) is 17.2. The maximum Gasteiger partial charge on any atom is 0.0407 e. The number of anilines is 1. The molecule has 1 atom stereocenters. The lowest BCUT2D eigenvalue weighted by atomic mass is 9.88. The summed E-state index contributed by atoms with van der Waals surface area (Å²) in [5.41, 5.74) is 4.14. The number of halogens is 1. The lowest BCUT2D eigenvalue weighted by molar-refractivity contribution is 0.611. The monoisotopic (exact) mass is 257 g/mol. The van der Waals surface area contributed by atoms with Crippen LogP contribution in [0.4, 0.5) is 5.69 Å². The van der Waals surface area contributed by atoms with Crippen LogP contribution in [0, 0.1) is 0 Å². The fourth-order valence-electron chi connectivity index (χ4n) is 2.60. The van der Waals surface area contributed by atoms with E-state index in [1.54, 1.807) is 0 Å². The van der Waals surface area contributed by atoms with E-state index in [2.05, 4.69) is 29.6 Å². The molecule has 0 aromatic heterocycles. The summed E-state index contributed by atoms with van der Waals surface area (Å²) in [5, 5.41) is 4.38. The fraction of sp³-hybridized carbons (Fsp3) is 0.250. The van der Waals surface area contributed by atoms with Gasteiger partial charge in [-0.05, 0) is 54.7 Å². The van der Waals surface area contributed by atoms with Gasteiger partial charge >= 0.3 is 0 Å². The molecular formula is C16H16ClN. The van der Waals surface area contributed by atoms with Crippen LogP contribution in [0.3, 0.4) is 0 Å². The molecule has 0 saturated heterocycles. The number of aryl methyl sites for hydroxylation is 1. The van der Waals surface area contributed by atoms with Crippen LogP contribution in [0.1, 0.15) is 17.5 Å². The van der Waals surface area contributed by atoms with Crippen molar-refractivity contribution in [1.29, 1.82) is 0 Å². The number of nitrogens with one attached hydrogen (secondary N) is 1. The van der Waals surface area contributed by atoms with Crippen molar-refractivity contribution in [2.24, 2.45) is 0 Å². The predicted molar refractivity (Wildman–Crippen MR) is 77.3 cm³/mol. The quantitative estimate of drug-likeness (QED) is 0.845. The highest BCUT2D eigenvalue weighted by molar-refractivity contribution is 6.30. The first-order valence-corrected chi connectivity index (χ1v) is 6.78. The van der Waals surface area contributed by atoms with E-state index < -0.39 is 0 Å². The molecule has 0 bridgehead atoms. The first kappa shape index (κ1) is 11.6. The molecule has 0 amide bonds. The van der Waals surface area contributed by atoms with Gasteiger partial charge < -0.3 is 5.32 Å². The molecule has 0 fully saturated rings. The Morgan fingerprint density at radius 2 is 1.67 bits per heavy atom. The van der Waals surface area contributed by atoms with Crippen molar-refractivity contribution in [2.45, 2.75) is 25.3 Å². The molecule has 0 saturated carbocycles. The van der Waals surface area contributed by atoms with E-state index in [-0.39, 0.29) is 0 Å². The van der Waals surface area contributed by atoms with Gasteiger partial charge in [-0.2, -0.15) is 0 Å². The first-order valence-electron chi connectivity index (χ1n) is 6.40. The molecule has 2 heteroatoms. The van der Waals surface area contributed by atoms with Crippen molar-refractivity contribution in [3.8, 4) is 0 Å². The Hall–Kier alpha value is -1.47. The molecule has 0 aliphatic heterocycles. The van der Waals surface area contributed by atoms with Crippen molar-refractivity contribution >= 4 is 17.3 Å². The molecule has 18 heavy (non-hydrogen) atoms. The van der Waals surface area contributed by atoms with Gasteiger partial charge in [0.25, 0.3) is 0 Å². The third-order valence-corrected chi connectivity index (χ3v) is 3.81. The topological polar surface area (TPSA) is 12.0 Å². The van der Waals surface area contributed by atoms with Gasteiger partial charge in [-0.25, -0.2) is 0 Å². The molecule has 1 aliphatic carbocycles. The number of rotatable bonds is 2. The van der Waals surface area contributed by atoms with Crippen molar-refractivity contribution in [2.75, 3.05) is 5.32 Å². The zero-order valence-electron chi connectivity index (χ0n) is 10.2. The van der Waals surface area contributed by atoms with Crippen molar-refractivity contribution in [3.05, 3.63) is 64.7 Å². The van der Waals surface area contributed by atoms with Gasteiger partial charge in [0.05, 0.1) is 0 Å². The third-order valence-electron chi connectivity index (χ3n) is 3.56. The summed E-state index contributed by atoms with van der Waals surface area (Å²) in [7, 11) is 0. The van der Waals surface area contributed by atoms with Crippen LogP contribution >= 0.6 is 11.6 Å². The summed E-state index contributed by atoms with van der Waals surface area (Å²) in [5.74, 6) is 0. The summed E-state index contributed by atoms with van der Waals surface area (Å²) >= 11 is 5.89. The normalized spacial score (nSPS) is 18.2. The maximum atomic E-state index is 5.89. The number of hydrogen-bond acceptors (Lipinski definition) is 1. The SMILES string of the molecule is Clc1ccc(NC2CCc3ccccc3C2)cc1. The van der Waals surface area contributed by atoms with Crippen molar-refractivity contribution < 1.29 is 0 Å². The maximum absolute atomic E-state index is 5.89. The Labute approximate surface area is 113 Å². The van der Waals surface area contributed by atoms with Crippen LogP contribution in [0.15, 0.2) is 48.5 Å². The summed E-state index contributed by atoms with van der Waals surface area (Å²) in [4.78, 5) is 0. The molecule has 1 nitrogen and oxygen atoms in total. The Morgan fingerprint density at radius 3 is 2.44 bits per heavy atom. The Balaban J connectivity index is 1.71. The second-order valence-corrected chi connectivity index (χ2v) is 5.30. The molecule has 0 heterocycles. The van der Waals surface area contributed by atoms with E-state index in [0.717, 1.165) is 17.1 Å². The van der Waals surface area contributed by atoms with Gasteiger partial charge in [0.2, 0.25) is 0 Å². The average Bonchev–Trinajstić information content (AvgIpc) is 2.41. The van der Waals surface area contributed by atoms with Gasteiger partial charge in [-0.3, -0.25) is 0 Å². The van der Waals surface area contributed by atoms with Gasteiger partial charge in [0.1, 0.15) is 0 Å². The summed E-state index contributed by atoms with van der Waals surface area (Å²) < 4.78 is 0. The minimum Gasteiger partial charge on any atom is -0.382 e. The summed E-state index contributed by atoms with van der Waals surface area (Å²) in [6.45, 7) is 0. The van der Waals surface area contributed by atoms with E-state index in [1.165, 1.54) is 24.0 Å². The molecular weight excluding hydrogens is 242 g/mol. The molecule has 0 radical (unpaired) electrons. The number of benzene rings is 2. The molecule has 92 valence electrons. The van der Waals surface area contributed by atoms with E-state index in [4.69, 9.17) is 11.6 Å². The average molecular weight is 258 g/mol. The van der Waals surface area contributed by atoms with Crippen LogP contribution < -0.4 is 5.32 Å². The first-order chi connectivity index (χ1) is 8.81. The molecule has 3 rings (SSSR count). The van der Waals surface area contributed by atoms with Gasteiger partial charge in [-0.1, -0.05) is 35.9 Å². The van der Waals surface area contributed by atoms with E-state index in [0.29, 0.717) is 6.04 Å². The van der Waals surface area contributed by atoms with Gasteiger partial charge in [0.15, 0.2) is 0 Å². The predicted octanol–water partition coefficient (Wildman–Crippen LogP) is 4.31. The number of hydrogen-bond donors (Lipinski definition) is 1. The van der Waals surface area contributed by atoms with Gasteiger partial charge in [-0.15, -0.1) is 0 Å². The van der Waals surface area contributed by atoms with Crippen LogP contribution in [-0.4, -0.2) is 6.04 Å². The van der Waals surface area contributed by atoms with Crippen molar-refractivity contribution in [3.63, 3.8) is 0 Å². The molecule has 1 unspecified atom stereocenters. The standard InChI is InChI=1S/C16H16ClN/c17-14-6-9-15(10-7-14)18-16-8-5-12-3-1-2-4-13(12)11-16/h1-4,6-7,9-10,16,18H,5,8,11H2. The van der Waals surface area contributed by atoms with Crippen LogP contribution in [0.5, 0.6) is 0 Å². The minimum absolute atomic E-state index is 0.529. The second kappa shape index (κ2) is 5.03. The van der Waals surface area contributed by atoms with Crippen LogP contribution in [0.2, 0.25) is 5.02 Å². The molecule has 2 aromatic carbocycles.